The van der Waals surface area contributed by atoms with E-state index < -0.39 is 28.3 Å². The molecule has 7 heteroatoms. The van der Waals surface area contributed by atoms with E-state index in [1.54, 1.807) is 0 Å². The number of para-hydroxylation sites is 1. The summed E-state index contributed by atoms with van der Waals surface area (Å²) in [6.07, 6.45) is 0. The van der Waals surface area contributed by atoms with E-state index >= 15 is 0 Å². The number of aliphatic hydroxyl groups excluding tert-OH is 1. The number of rotatable bonds is 4. The molecule has 0 radical (unpaired) electrons. The summed E-state index contributed by atoms with van der Waals surface area (Å²) in [7, 11) is -2.84. The van der Waals surface area contributed by atoms with Crippen molar-refractivity contribution in [3.63, 3.8) is 0 Å². The minimum atomic E-state index is -4.05. The Morgan fingerprint density at radius 3 is 2.38 bits per heavy atom. The third kappa shape index (κ3) is 2.88. The van der Waals surface area contributed by atoms with Crippen LogP contribution in [0.25, 0.3) is 0 Å². The molecule has 0 saturated carbocycles. The number of anilines is 1. The van der Waals surface area contributed by atoms with Crippen molar-refractivity contribution in [2.24, 2.45) is 0 Å². The monoisotopic (exact) mass is 313 g/mol. The van der Waals surface area contributed by atoms with Crippen molar-refractivity contribution in [2.75, 3.05) is 11.4 Å². The fraction of sp³-hybridized carbons (Fsp3) is 0.143. The molecule has 21 heavy (non-hydrogen) atoms. The Labute approximate surface area is 121 Å². The molecule has 0 amide bonds. The Morgan fingerprint density at radius 1 is 1.10 bits per heavy atom. The fourth-order valence-corrected chi connectivity index (χ4v) is 3.08. The Morgan fingerprint density at radius 2 is 1.76 bits per heavy atom. The molecule has 0 aliphatic rings. The lowest BCUT2D eigenvalue weighted by atomic mass is 10.2. The van der Waals surface area contributed by atoms with Gasteiger partial charge in [-0.2, -0.15) is 0 Å². The molecule has 0 aliphatic heterocycles. The molecule has 4 nitrogen and oxygen atoms in total. The first-order valence-electron chi connectivity index (χ1n) is 6.00. The predicted octanol–water partition coefficient (Wildman–Crippen LogP) is 2.28. The summed E-state index contributed by atoms with van der Waals surface area (Å²) in [5.74, 6) is -1.39. The molecule has 2 rings (SSSR count). The Balaban J connectivity index is 2.49. The predicted molar refractivity (Wildman–Crippen MR) is 74.3 cm³/mol. The zero-order chi connectivity index (χ0) is 15.6. The van der Waals surface area contributed by atoms with Crippen LogP contribution in [0.4, 0.5) is 14.5 Å². The SMILES string of the molecule is CN(c1ccccc1F)S(=O)(=O)c1ccc(F)c(CO)c1. The van der Waals surface area contributed by atoms with Crippen LogP contribution in [-0.4, -0.2) is 20.6 Å². The van der Waals surface area contributed by atoms with Crippen LogP contribution in [0, 0.1) is 11.6 Å². The molecule has 0 saturated heterocycles. The standard InChI is InChI=1S/C14H13F2NO3S/c1-17(14-5-3-2-4-13(14)16)21(19,20)11-6-7-12(15)10(8-11)9-18/h2-8,18H,9H2,1H3. The molecule has 0 aliphatic carbocycles. The van der Waals surface area contributed by atoms with E-state index in [0.717, 1.165) is 28.6 Å². The minimum absolute atomic E-state index is 0.118. The lowest BCUT2D eigenvalue weighted by Gasteiger charge is -2.20. The fourth-order valence-electron chi connectivity index (χ4n) is 1.83. The molecule has 0 unspecified atom stereocenters. The van der Waals surface area contributed by atoms with Crippen LogP contribution < -0.4 is 4.31 Å². The maximum atomic E-state index is 13.7. The zero-order valence-electron chi connectivity index (χ0n) is 11.1. The summed E-state index contributed by atoms with van der Waals surface area (Å²) >= 11 is 0. The van der Waals surface area contributed by atoms with Crippen LogP contribution in [-0.2, 0) is 16.6 Å². The van der Waals surface area contributed by atoms with Gasteiger partial charge in [-0.1, -0.05) is 12.1 Å². The topological polar surface area (TPSA) is 57.6 Å². The Hall–Kier alpha value is -1.99. The van der Waals surface area contributed by atoms with Gasteiger partial charge in [-0.3, -0.25) is 4.31 Å². The summed E-state index contributed by atoms with van der Waals surface area (Å²) in [5.41, 5.74) is -0.259. The maximum Gasteiger partial charge on any atom is 0.264 e. The summed E-state index contributed by atoms with van der Waals surface area (Å²) in [6, 6.07) is 8.47. The number of sulfonamides is 1. The minimum Gasteiger partial charge on any atom is -0.392 e. The van der Waals surface area contributed by atoms with Crippen molar-refractivity contribution in [3.05, 3.63) is 59.7 Å². The molecule has 0 aromatic heterocycles. The van der Waals surface area contributed by atoms with Crippen LogP contribution in [0.3, 0.4) is 0 Å². The highest BCUT2D eigenvalue weighted by Crippen LogP contribution is 2.25. The lowest BCUT2D eigenvalue weighted by Crippen LogP contribution is -2.27. The van der Waals surface area contributed by atoms with E-state index in [4.69, 9.17) is 5.11 Å². The maximum absolute atomic E-state index is 13.7. The van der Waals surface area contributed by atoms with Crippen molar-refractivity contribution in [3.8, 4) is 0 Å². The molecule has 0 fully saturated rings. The molecule has 0 atom stereocenters. The zero-order valence-corrected chi connectivity index (χ0v) is 11.9. The van der Waals surface area contributed by atoms with Crippen LogP contribution in [0.15, 0.2) is 47.4 Å². The third-order valence-electron chi connectivity index (χ3n) is 3.04. The highest BCUT2D eigenvalue weighted by Gasteiger charge is 2.24. The molecule has 112 valence electrons. The van der Waals surface area contributed by atoms with Gasteiger partial charge in [0.15, 0.2) is 0 Å². The van der Waals surface area contributed by atoms with Gasteiger partial charge in [0.05, 0.1) is 17.2 Å². The number of benzene rings is 2. The second-order valence-corrected chi connectivity index (χ2v) is 6.30. The number of aliphatic hydroxyl groups is 1. The highest BCUT2D eigenvalue weighted by molar-refractivity contribution is 7.92. The van der Waals surface area contributed by atoms with Gasteiger partial charge in [0, 0.05) is 12.6 Å². The Bertz CT molecular complexity index is 763. The molecule has 0 heterocycles. The summed E-state index contributed by atoms with van der Waals surface area (Å²) in [4.78, 5) is -0.223. The van der Waals surface area contributed by atoms with E-state index in [-0.39, 0.29) is 16.1 Å². The van der Waals surface area contributed by atoms with Gasteiger partial charge in [-0.25, -0.2) is 17.2 Å². The van der Waals surface area contributed by atoms with Crippen molar-refractivity contribution in [2.45, 2.75) is 11.5 Å². The number of hydrogen-bond donors (Lipinski definition) is 1. The van der Waals surface area contributed by atoms with Crippen LogP contribution in [0.1, 0.15) is 5.56 Å². The van der Waals surface area contributed by atoms with Gasteiger partial charge in [-0.15, -0.1) is 0 Å². The average Bonchev–Trinajstić information content (AvgIpc) is 2.47. The van der Waals surface area contributed by atoms with Gasteiger partial charge in [-0.05, 0) is 30.3 Å². The largest absolute Gasteiger partial charge is 0.392 e. The molecule has 0 spiro atoms. The van der Waals surface area contributed by atoms with E-state index in [1.165, 1.54) is 25.2 Å². The first-order chi connectivity index (χ1) is 9.87. The smallest absolute Gasteiger partial charge is 0.264 e. The number of hydrogen-bond acceptors (Lipinski definition) is 3. The van der Waals surface area contributed by atoms with Crippen LogP contribution in [0.2, 0.25) is 0 Å². The van der Waals surface area contributed by atoms with Gasteiger partial charge in [0.2, 0.25) is 0 Å². The van der Waals surface area contributed by atoms with Crippen molar-refractivity contribution < 1.29 is 22.3 Å². The average molecular weight is 313 g/mol. The number of halogens is 2. The van der Waals surface area contributed by atoms with Crippen molar-refractivity contribution >= 4 is 15.7 Å². The second kappa shape index (κ2) is 5.79. The van der Waals surface area contributed by atoms with Gasteiger partial charge >= 0.3 is 0 Å². The number of nitrogens with zero attached hydrogens (tertiary/aromatic N) is 1. The summed E-state index contributed by atoms with van der Waals surface area (Å²) < 4.78 is 52.6. The highest BCUT2D eigenvalue weighted by atomic mass is 32.2. The lowest BCUT2D eigenvalue weighted by molar-refractivity contribution is 0.275. The van der Waals surface area contributed by atoms with Crippen LogP contribution in [0.5, 0.6) is 0 Å². The first kappa shape index (κ1) is 15.4. The second-order valence-electron chi connectivity index (χ2n) is 4.34. The van der Waals surface area contributed by atoms with E-state index in [0.29, 0.717) is 0 Å². The van der Waals surface area contributed by atoms with Crippen LogP contribution >= 0.6 is 0 Å². The molecular weight excluding hydrogens is 300 g/mol. The van der Waals surface area contributed by atoms with E-state index in [9.17, 15) is 17.2 Å². The van der Waals surface area contributed by atoms with Gasteiger partial charge in [0.25, 0.3) is 10.0 Å². The van der Waals surface area contributed by atoms with Gasteiger partial charge < -0.3 is 5.11 Å². The quantitative estimate of drug-likeness (QED) is 0.942. The van der Waals surface area contributed by atoms with Gasteiger partial charge in [0.1, 0.15) is 11.6 Å². The summed E-state index contributed by atoms with van der Waals surface area (Å²) in [6.45, 7) is -0.626. The van der Waals surface area contributed by atoms with Crippen molar-refractivity contribution in [1.29, 1.82) is 0 Å². The first-order valence-corrected chi connectivity index (χ1v) is 7.44. The van der Waals surface area contributed by atoms with E-state index in [1.807, 2.05) is 0 Å². The Kier molecular flexibility index (Phi) is 4.24. The summed E-state index contributed by atoms with van der Waals surface area (Å²) in [5, 5.41) is 9.00. The molecule has 2 aromatic carbocycles. The third-order valence-corrected chi connectivity index (χ3v) is 4.81. The normalized spacial score (nSPS) is 11.4. The molecule has 2 aromatic rings. The van der Waals surface area contributed by atoms with Crippen molar-refractivity contribution in [1.82, 2.24) is 0 Å². The molecule has 1 N–H and O–H groups in total. The molecular formula is C14H13F2NO3S. The molecule has 0 bridgehead atoms. The van der Waals surface area contributed by atoms with E-state index in [2.05, 4.69) is 0 Å².